The van der Waals surface area contributed by atoms with Gasteiger partial charge in [0, 0.05) is 29.6 Å². The third kappa shape index (κ3) is 3.37. The molecule has 0 aliphatic rings. The maximum Gasteiger partial charge on any atom is 0.255 e. The molecule has 0 fully saturated rings. The van der Waals surface area contributed by atoms with Gasteiger partial charge in [0.2, 0.25) is 0 Å². The number of nitrogens with one attached hydrogen (secondary N) is 1. The highest BCUT2D eigenvalue weighted by molar-refractivity contribution is 6.04. The molecule has 0 aliphatic heterocycles. The topological polar surface area (TPSA) is 64.7 Å². The molecule has 0 radical (unpaired) electrons. The first-order valence-electron chi connectivity index (χ1n) is 7.98. The molecule has 6 nitrogen and oxygen atoms in total. The Hall–Kier alpha value is -2.89. The molecular formula is C18H21N5O. The van der Waals surface area contributed by atoms with Crippen LogP contribution in [-0.2, 0) is 13.1 Å². The molecule has 0 saturated carbocycles. The number of carbonyl (C=O) groups is 1. The summed E-state index contributed by atoms with van der Waals surface area (Å²) in [6, 6.07) is 7.51. The minimum Gasteiger partial charge on any atom is -0.319 e. The van der Waals surface area contributed by atoms with E-state index in [-0.39, 0.29) is 5.91 Å². The average Bonchev–Trinajstić information content (AvgIpc) is 3.15. The van der Waals surface area contributed by atoms with Gasteiger partial charge in [-0.05, 0) is 32.9 Å². The van der Waals surface area contributed by atoms with E-state index in [4.69, 9.17) is 0 Å². The largest absolute Gasteiger partial charge is 0.319 e. The first-order chi connectivity index (χ1) is 11.6. The zero-order valence-corrected chi connectivity index (χ0v) is 14.2. The highest BCUT2D eigenvalue weighted by Crippen LogP contribution is 2.13. The van der Waals surface area contributed by atoms with Crippen molar-refractivity contribution in [2.24, 2.45) is 0 Å². The quantitative estimate of drug-likeness (QED) is 0.785. The highest BCUT2D eigenvalue weighted by atomic mass is 16.1. The number of rotatable bonds is 5. The van der Waals surface area contributed by atoms with Gasteiger partial charge in [-0.2, -0.15) is 10.2 Å². The lowest BCUT2D eigenvalue weighted by molar-refractivity contribution is 0.102. The van der Waals surface area contributed by atoms with Crippen LogP contribution in [0.3, 0.4) is 0 Å². The second kappa shape index (κ2) is 6.70. The van der Waals surface area contributed by atoms with E-state index >= 15 is 0 Å². The van der Waals surface area contributed by atoms with Gasteiger partial charge in [-0.3, -0.25) is 14.2 Å². The molecule has 0 atom stereocenters. The van der Waals surface area contributed by atoms with Crippen LogP contribution < -0.4 is 5.32 Å². The summed E-state index contributed by atoms with van der Waals surface area (Å²) < 4.78 is 3.76. The van der Waals surface area contributed by atoms with Crippen LogP contribution in [0.1, 0.15) is 34.1 Å². The molecule has 0 spiro atoms. The molecule has 1 amide bonds. The Morgan fingerprint density at radius 2 is 2.04 bits per heavy atom. The number of nitrogens with zero attached hydrogens (tertiary/aromatic N) is 4. The van der Waals surface area contributed by atoms with Gasteiger partial charge in [0.05, 0.1) is 24.6 Å². The number of aromatic nitrogens is 4. The van der Waals surface area contributed by atoms with E-state index < -0.39 is 0 Å². The van der Waals surface area contributed by atoms with Gasteiger partial charge < -0.3 is 5.32 Å². The van der Waals surface area contributed by atoms with Crippen molar-refractivity contribution in [2.75, 3.05) is 5.32 Å². The number of hydrogen-bond acceptors (Lipinski definition) is 3. The molecule has 1 N–H and O–H groups in total. The van der Waals surface area contributed by atoms with E-state index in [0.29, 0.717) is 17.8 Å². The van der Waals surface area contributed by atoms with Gasteiger partial charge in [0.1, 0.15) is 0 Å². The zero-order chi connectivity index (χ0) is 17.1. The predicted octanol–water partition coefficient (Wildman–Crippen LogP) is 3.02. The van der Waals surface area contributed by atoms with E-state index in [9.17, 15) is 4.79 Å². The van der Waals surface area contributed by atoms with Crippen molar-refractivity contribution in [2.45, 2.75) is 33.9 Å². The molecule has 3 rings (SSSR count). The van der Waals surface area contributed by atoms with Crippen molar-refractivity contribution in [1.29, 1.82) is 0 Å². The van der Waals surface area contributed by atoms with Gasteiger partial charge >= 0.3 is 0 Å². The molecule has 6 heteroatoms. The van der Waals surface area contributed by atoms with Crippen LogP contribution in [0.4, 0.5) is 5.69 Å². The first-order valence-corrected chi connectivity index (χ1v) is 7.98. The number of anilines is 1. The van der Waals surface area contributed by atoms with Crippen molar-refractivity contribution in [1.82, 2.24) is 19.6 Å². The number of carbonyl (C=O) groups excluding carboxylic acids is 1. The van der Waals surface area contributed by atoms with E-state index in [1.165, 1.54) is 0 Å². The Morgan fingerprint density at radius 3 is 2.75 bits per heavy atom. The van der Waals surface area contributed by atoms with Crippen molar-refractivity contribution in [3.63, 3.8) is 0 Å². The first kappa shape index (κ1) is 16.0. The number of hydrogen-bond donors (Lipinski definition) is 1. The normalized spacial score (nSPS) is 10.8. The van der Waals surface area contributed by atoms with Crippen molar-refractivity contribution in [3.8, 4) is 0 Å². The van der Waals surface area contributed by atoms with Gasteiger partial charge in [0.25, 0.3) is 5.91 Å². The summed E-state index contributed by atoms with van der Waals surface area (Å²) in [6.07, 6.45) is 5.36. The Kier molecular flexibility index (Phi) is 4.46. The molecule has 0 aliphatic carbocycles. The molecule has 3 aromatic rings. The van der Waals surface area contributed by atoms with E-state index in [1.54, 1.807) is 16.9 Å². The van der Waals surface area contributed by atoms with Crippen LogP contribution in [-0.4, -0.2) is 25.5 Å². The van der Waals surface area contributed by atoms with Crippen molar-refractivity contribution < 1.29 is 4.79 Å². The van der Waals surface area contributed by atoms with E-state index in [2.05, 4.69) is 29.4 Å². The fourth-order valence-electron chi connectivity index (χ4n) is 2.64. The summed E-state index contributed by atoms with van der Waals surface area (Å²) in [7, 11) is 0. The Morgan fingerprint density at radius 1 is 1.21 bits per heavy atom. The van der Waals surface area contributed by atoms with Gasteiger partial charge in [-0.25, -0.2) is 0 Å². The fraction of sp³-hybridized carbons (Fsp3) is 0.278. The second-order valence-corrected chi connectivity index (χ2v) is 5.82. The summed E-state index contributed by atoms with van der Waals surface area (Å²) in [6.45, 7) is 7.56. The van der Waals surface area contributed by atoms with Crippen LogP contribution in [0.15, 0.2) is 42.9 Å². The van der Waals surface area contributed by atoms with Crippen LogP contribution in [0, 0.1) is 13.8 Å². The molecular weight excluding hydrogens is 302 g/mol. The minimum absolute atomic E-state index is 0.131. The Bertz CT molecular complexity index is 862. The maximum absolute atomic E-state index is 12.3. The van der Waals surface area contributed by atoms with Crippen molar-refractivity contribution >= 4 is 11.6 Å². The molecule has 2 aromatic heterocycles. The van der Waals surface area contributed by atoms with Gasteiger partial charge in [0.15, 0.2) is 0 Å². The Labute approximate surface area is 141 Å². The number of amides is 1. The van der Waals surface area contributed by atoms with E-state index in [1.807, 2.05) is 42.2 Å². The smallest absolute Gasteiger partial charge is 0.255 e. The molecule has 124 valence electrons. The SMILES string of the molecule is CCn1ncc(Cn2cc(NC(=O)c3cccc(C)c3)cn2)c1C. The monoisotopic (exact) mass is 323 g/mol. The third-order valence-electron chi connectivity index (χ3n) is 4.01. The minimum atomic E-state index is -0.131. The summed E-state index contributed by atoms with van der Waals surface area (Å²) >= 11 is 0. The molecule has 2 heterocycles. The summed E-state index contributed by atoms with van der Waals surface area (Å²) in [4.78, 5) is 12.3. The summed E-state index contributed by atoms with van der Waals surface area (Å²) in [5.74, 6) is -0.131. The summed E-state index contributed by atoms with van der Waals surface area (Å²) in [5.41, 5.74) is 4.64. The van der Waals surface area contributed by atoms with Crippen LogP contribution in [0.5, 0.6) is 0 Å². The summed E-state index contributed by atoms with van der Waals surface area (Å²) in [5, 5.41) is 11.5. The highest BCUT2D eigenvalue weighted by Gasteiger charge is 2.10. The fourth-order valence-corrected chi connectivity index (χ4v) is 2.64. The lowest BCUT2D eigenvalue weighted by Gasteiger charge is -2.04. The molecule has 0 saturated heterocycles. The Balaban J connectivity index is 1.69. The molecule has 0 unspecified atom stereocenters. The average molecular weight is 323 g/mol. The van der Waals surface area contributed by atoms with E-state index in [0.717, 1.165) is 23.4 Å². The predicted molar refractivity (Wildman–Crippen MR) is 93.1 cm³/mol. The van der Waals surface area contributed by atoms with Crippen LogP contribution in [0.2, 0.25) is 0 Å². The third-order valence-corrected chi connectivity index (χ3v) is 4.01. The lowest BCUT2D eigenvalue weighted by Crippen LogP contribution is -2.11. The zero-order valence-electron chi connectivity index (χ0n) is 14.2. The molecule has 0 bridgehead atoms. The van der Waals surface area contributed by atoms with Crippen LogP contribution >= 0.6 is 0 Å². The number of benzene rings is 1. The van der Waals surface area contributed by atoms with Gasteiger partial charge in [-0.15, -0.1) is 0 Å². The maximum atomic E-state index is 12.3. The second-order valence-electron chi connectivity index (χ2n) is 5.82. The lowest BCUT2D eigenvalue weighted by atomic mass is 10.1. The molecule has 1 aromatic carbocycles. The van der Waals surface area contributed by atoms with Crippen molar-refractivity contribution in [3.05, 3.63) is 65.2 Å². The number of aryl methyl sites for hydroxylation is 2. The van der Waals surface area contributed by atoms with Crippen LogP contribution in [0.25, 0.3) is 0 Å². The van der Waals surface area contributed by atoms with Gasteiger partial charge in [-0.1, -0.05) is 17.7 Å². The molecule has 24 heavy (non-hydrogen) atoms. The standard InChI is InChI=1S/C18H21N5O/c1-4-23-14(3)16(9-20-23)11-22-12-17(10-19-22)21-18(24)15-7-5-6-13(2)8-15/h5-10,12H,4,11H2,1-3H3,(H,21,24).